The van der Waals surface area contributed by atoms with Crippen molar-refractivity contribution in [1.82, 2.24) is 4.90 Å². The van der Waals surface area contributed by atoms with Crippen molar-refractivity contribution in [3.63, 3.8) is 0 Å². The third kappa shape index (κ3) is 3.96. The number of hydrogen-bond donors (Lipinski definition) is 0. The van der Waals surface area contributed by atoms with Crippen molar-refractivity contribution in [2.24, 2.45) is 0 Å². The molecule has 1 aromatic carbocycles. The van der Waals surface area contributed by atoms with E-state index in [2.05, 4.69) is 11.8 Å². The van der Waals surface area contributed by atoms with E-state index in [0.717, 1.165) is 73.2 Å². The highest BCUT2D eigenvalue weighted by Crippen LogP contribution is 2.51. The Labute approximate surface area is 195 Å². The largest absolute Gasteiger partial charge is 0.493 e. The van der Waals surface area contributed by atoms with Gasteiger partial charge in [-0.2, -0.15) is 0 Å². The summed E-state index contributed by atoms with van der Waals surface area (Å²) in [5.41, 5.74) is 4.58. The van der Waals surface area contributed by atoms with Gasteiger partial charge in [-0.3, -0.25) is 9.59 Å². The molecule has 2 aliphatic carbocycles. The van der Waals surface area contributed by atoms with Crippen molar-refractivity contribution in [2.75, 3.05) is 20.3 Å². The van der Waals surface area contributed by atoms with Gasteiger partial charge in [0.25, 0.3) is 0 Å². The third-order valence-corrected chi connectivity index (χ3v) is 6.85. The van der Waals surface area contributed by atoms with Gasteiger partial charge >= 0.3 is 0 Å². The summed E-state index contributed by atoms with van der Waals surface area (Å²) in [6, 6.07) is 3.75. The first kappa shape index (κ1) is 22.9. The number of carbonyl (C=O) groups excluding carboxylic acids is 2. The Morgan fingerprint density at radius 1 is 0.969 bits per heavy atom. The second-order valence-corrected chi connectivity index (χ2v) is 9.15. The maximum atomic E-state index is 13.3. The fourth-order valence-corrected chi connectivity index (χ4v) is 5.57. The number of hydrogen-bond acceptors (Lipinski definition) is 5. The summed E-state index contributed by atoms with van der Waals surface area (Å²) in [6.45, 7) is 5.54. The van der Waals surface area contributed by atoms with Crippen LogP contribution in [-0.2, 0) is 9.59 Å². The van der Waals surface area contributed by atoms with Gasteiger partial charge in [0.2, 0.25) is 0 Å². The van der Waals surface area contributed by atoms with E-state index in [1.807, 2.05) is 19.1 Å². The molecule has 0 fully saturated rings. The van der Waals surface area contributed by atoms with Crippen LogP contribution in [0.15, 0.2) is 34.7 Å². The van der Waals surface area contributed by atoms with Crippen LogP contribution >= 0.6 is 11.6 Å². The first-order chi connectivity index (χ1) is 15.5. The highest BCUT2D eigenvalue weighted by Gasteiger charge is 2.43. The van der Waals surface area contributed by atoms with Gasteiger partial charge in [-0.15, -0.1) is 0 Å². The zero-order valence-corrected chi connectivity index (χ0v) is 20.0. The predicted molar refractivity (Wildman–Crippen MR) is 125 cm³/mol. The predicted octanol–water partition coefficient (Wildman–Crippen LogP) is 5.96. The van der Waals surface area contributed by atoms with Crippen molar-refractivity contribution in [3.05, 3.63) is 45.3 Å². The Hall–Kier alpha value is -2.27. The van der Waals surface area contributed by atoms with Gasteiger partial charge in [-0.25, -0.2) is 0 Å². The van der Waals surface area contributed by atoms with Crippen molar-refractivity contribution in [1.29, 1.82) is 0 Å². The van der Waals surface area contributed by atoms with Gasteiger partial charge < -0.3 is 14.4 Å². The van der Waals surface area contributed by atoms with Crippen LogP contribution in [0.5, 0.6) is 11.5 Å². The number of nitrogens with zero attached hydrogens (tertiary/aromatic N) is 1. The van der Waals surface area contributed by atoms with Crippen LogP contribution in [0.25, 0.3) is 0 Å². The van der Waals surface area contributed by atoms with Crippen molar-refractivity contribution >= 4 is 23.2 Å². The highest BCUT2D eigenvalue weighted by atomic mass is 35.5. The summed E-state index contributed by atoms with van der Waals surface area (Å²) in [7, 11) is 1.59. The van der Waals surface area contributed by atoms with Crippen molar-refractivity contribution in [3.8, 4) is 11.5 Å². The minimum absolute atomic E-state index is 0.142. The number of methoxy groups -OCH3 is 1. The number of halogens is 1. The lowest BCUT2D eigenvalue weighted by atomic mass is 9.71. The van der Waals surface area contributed by atoms with E-state index in [1.165, 1.54) is 0 Å². The number of rotatable bonds is 7. The minimum Gasteiger partial charge on any atom is -0.493 e. The lowest BCUT2D eigenvalue weighted by Gasteiger charge is -2.44. The van der Waals surface area contributed by atoms with E-state index in [9.17, 15) is 9.59 Å². The molecule has 0 amide bonds. The summed E-state index contributed by atoms with van der Waals surface area (Å²) in [4.78, 5) is 28.9. The van der Waals surface area contributed by atoms with E-state index in [-0.39, 0.29) is 17.5 Å². The molecule has 0 saturated carbocycles. The molecule has 1 aromatic rings. The van der Waals surface area contributed by atoms with Crippen LogP contribution in [-0.4, -0.2) is 36.7 Å². The van der Waals surface area contributed by atoms with Gasteiger partial charge in [0, 0.05) is 47.8 Å². The number of carbonyl (C=O) groups is 2. The Bertz CT molecular complexity index is 950. The van der Waals surface area contributed by atoms with Crippen LogP contribution in [0.2, 0.25) is 5.02 Å². The molecular weight excluding hydrogens is 426 g/mol. The average Bonchev–Trinajstić information content (AvgIpc) is 2.78. The molecule has 1 aliphatic heterocycles. The molecule has 5 nitrogen and oxygen atoms in total. The summed E-state index contributed by atoms with van der Waals surface area (Å²) in [5, 5.41) is 0.444. The maximum Gasteiger partial charge on any atom is 0.179 e. The number of allylic oxidation sites excluding steroid dienone is 4. The molecule has 3 aliphatic rings. The second kappa shape index (κ2) is 9.70. The van der Waals surface area contributed by atoms with E-state index in [1.54, 1.807) is 7.11 Å². The smallest absolute Gasteiger partial charge is 0.179 e. The number of ketones is 2. The Morgan fingerprint density at radius 3 is 2.12 bits per heavy atom. The standard InChI is InChI=1S/C26H32ClNO4/c1-4-12-28-18-8-6-10-20(29)24(18)23(25-19(28)9-7-11-21(25)30)16-14-17(27)26(32-13-5-2)22(15-16)31-3/h14-15,23H,4-13H2,1-3H3. The van der Waals surface area contributed by atoms with Gasteiger partial charge in [0.05, 0.1) is 18.7 Å². The molecule has 172 valence electrons. The van der Waals surface area contributed by atoms with E-state index in [4.69, 9.17) is 21.1 Å². The SMILES string of the molecule is CCCOc1c(Cl)cc(C2C3=C(CCCC3=O)N(CCC)C3=C2C(=O)CCC3)cc1OC. The maximum absolute atomic E-state index is 13.3. The van der Waals surface area contributed by atoms with Crippen LogP contribution in [0.3, 0.4) is 0 Å². The molecule has 0 aromatic heterocycles. The van der Waals surface area contributed by atoms with Crippen molar-refractivity contribution in [2.45, 2.75) is 71.1 Å². The monoisotopic (exact) mass is 457 g/mol. The summed E-state index contributed by atoms with van der Waals surface area (Å²) in [6.07, 6.45) is 6.31. The van der Waals surface area contributed by atoms with Gasteiger partial charge in [-0.05, 0) is 56.2 Å². The fourth-order valence-electron chi connectivity index (χ4n) is 5.29. The minimum atomic E-state index is -0.389. The lowest BCUT2D eigenvalue weighted by Crippen LogP contribution is -2.39. The molecule has 0 unspecified atom stereocenters. The molecule has 0 bridgehead atoms. The molecule has 0 radical (unpaired) electrons. The zero-order valence-electron chi connectivity index (χ0n) is 19.3. The van der Waals surface area contributed by atoms with Crippen LogP contribution in [0, 0.1) is 0 Å². The molecule has 1 heterocycles. The Balaban J connectivity index is 1.92. The first-order valence-corrected chi connectivity index (χ1v) is 12.2. The summed E-state index contributed by atoms with van der Waals surface area (Å²) >= 11 is 6.65. The topological polar surface area (TPSA) is 55.8 Å². The molecule has 0 saturated heterocycles. The zero-order chi connectivity index (χ0) is 22.8. The molecule has 0 N–H and O–H groups in total. The molecule has 4 rings (SSSR count). The number of Topliss-reactive ketones (excluding diaryl/α,β-unsaturated/α-hetero) is 2. The van der Waals surface area contributed by atoms with Gasteiger partial charge in [-0.1, -0.05) is 25.4 Å². The number of benzene rings is 1. The van der Waals surface area contributed by atoms with Gasteiger partial charge in [0.1, 0.15) is 0 Å². The fraction of sp³-hybridized carbons (Fsp3) is 0.538. The third-order valence-electron chi connectivity index (χ3n) is 6.57. The van der Waals surface area contributed by atoms with Crippen LogP contribution in [0.1, 0.15) is 76.7 Å². The number of ether oxygens (including phenoxy) is 2. The molecule has 32 heavy (non-hydrogen) atoms. The van der Waals surface area contributed by atoms with E-state index in [0.29, 0.717) is 36.0 Å². The van der Waals surface area contributed by atoms with Gasteiger partial charge in [0.15, 0.2) is 23.1 Å². The van der Waals surface area contributed by atoms with E-state index < -0.39 is 0 Å². The first-order valence-electron chi connectivity index (χ1n) is 11.8. The summed E-state index contributed by atoms with van der Waals surface area (Å²) < 4.78 is 11.5. The quantitative estimate of drug-likeness (QED) is 0.505. The molecular formula is C26H32ClNO4. The Kier molecular flexibility index (Phi) is 6.94. The molecule has 0 atom stereocenters. The lowest BCUT2D eigenvalue weighted by molar-refractivity contribution is -0.117. The highest BCUT2D eigenvalue weighted by molar-refractivity contribution is 6.32. The normalized spacial score (nSPS) is 19.3. The second-order valence-electron chi connectivity index (χ2n) is 8.74. The van der Waals surface area contributed by atoms with Crippen LogP contribution in [0.4, 0.5) is 0 Å². The average molecular weight is 458 g/mol. The Morgan fingerprint density at radius 2 is 1.59 bits per heavy atom. The molecule has 0 spiro atoms. The van der Waals surface area contributed by atoms with E-state index >= 15 is 0 Å². The molecule has 6 heteroatoms. The van der Waals surface area contributed by atoms with Crippen molar-refractivity contribution < 1.29 is 19.1 Å². The van der Waals surface area contributed by atoms with Crippen LogP contribution < -0.4 is 9.47 Å². The summed E-state index contributed by atoms with van der Waals surface area (Å²) in [5.74, 6) is 0.942.